The molecule has 0 radical (unpaired) electrons. The third-order valence-electron chi connectivity index (χ3n) is 3.44. The summed E-state index contributed by atoms with van der Waals surface area (Å²) < 4.78 is 28.2. The Hall–Kier alpha value is -0.0800. The normalized spacial score (nSPS) is 19.6. The molecule has 0 spiro atoms. The summed E-state index contributed by atoms with van der Waals surface area (Å²) in [4.78, 5) is 0.308. The molecule has 1 atom stereocenters. The summed E-state index contributed by atoms with van der Waals surface area (Å²) in [6, 6.07) is 5.35. The van der Waals surface area contributed by atoms with Gasteiger partial charge in [-0.25, -0.2) is 13.1 Å². The monoisotopic (exact) mass is 392 g/mol. The van der Waals surface area contributed by atoms with Gasteiger partial charge in [0.05, 0.1) is 4.90 Å². The van der Waals surface area contributed by atoms with E-state index >= 15 is 0 Å². The molecule has 1 aliphatic rings. The second kappa shape index (κ2) is 7.97. The summed E-state index contributed by atoms with van der Waals surface area (Å²) >= 11 is 5.23. The van der Waals surface area contributed by atoms with Gasteiger partial charge in [-0.15, -0.1) is 0 Å². The highest BCUT2D eigenvalue weighted by atomic mass is 79.9. The summed E-state index contributed by atoms with van der Waals surface area (Å²) in [6.45, 7) is 1.22. The zero-order valence-electron chi connectivity index (χ0n) is 12.1. The molecule has 1 saturated heterocycles. The second-order valence-corrected chi connectivity index (χ2v) is 9.13. The summed E-state index contributed by atoms with van der Waals surface area (Å²) in [5, 5.41) is 3.45. The number of thioether (sulfide) groups is 1. The summed E-state index contributed by atoms with van der Waals surface area (Å²) in [5.74, 6) is 1.13. The number of rotatable bonds is 6. The zero-order valence-corrected chi connectivity index (χ0v) is 15.3. The summed E-state index contributed by atoms with van der Waals surface area (Å²) in [6.07, 6.45) is 3.53. The molecule has 7 heteroatoms. The van der Waals surface area contributed by atoms with Gasteiger partial charge in [0.1, 0.15) is 0 Å². The average molecular weight is 393 g/mol. The van der Waals surface area contributed by atoms with E-state index in [4.69, 9.17) is 0 Å². The van der Waals surface area contributed by atoms with E-state index in [9.17, 15) is 8.42 Å². The highest BCUT2D eigenvalue weighted by molar-refractivity contribution is 9.10. The fraction of sp³-hybridized carbons (Fsp3) is 0.571. The molecule has 0 amide bonds. The van der Waals surface area contributed by atoms with Crippen molar-refractivity contribution in [2.24, 2.45) is 0 Å². The van der Waals surface area contributed by atoms with Gasteiger partial charge in [0.15, 0.2) is 0 Å². The van der Waals surface area contributed by atoms with Crippen LogP contribution in [0.25, 0.3) is 0 Å². The van der Waals surface area contributed by atoms with Gasteiger partial charge in [0.2, 0.25) is 10.0 Å². The van der Waals surface area contributed by atoms with Gasteiger partial charge in [-0.3, -0.25) is 0 Å². The molecular weight excluding hydrogens is 372 g/mol. The van der Waals surface area contributed by atoms with Crippen LogP contribution in [0.5, 0.6) is 0 Å². The molecule has 2 N–H and O–H groups in total. The lowest BCUT2D eigenvalue weighted by atomic mass is 10.2. The van der Waals surface area contributed by atoms with Gasteiger partial charge in [-0.1, -0.05) is 12.5 Å². The molecule has 0 bridgehead atoms. The molecule has 21 heavy (non-hydrogen) atoms. The number of sulfonamides is 1. The van der Waals surface area contributed by atoms with Crippen molar-refractivity contribution in [3.8, 4) is 0 Å². The van der Waals surface area contributed by atoms with E-state index in [1.165, 1.54) is 12.8 Å². The Balaban J connectivity index is 2.04. The standard InChI is InChI=1S/C14H21BrN2O2S2/c1-16-9-11-5-6-14(13(15)8-11)21(18,19)17-10-12-4-2-3-7-20-12/h5-6,8,12,16-17H,2-4,7,9-10H2,1H3. The number of nitrogens with one attached hydrogen (secondary N) is 2. The minimum Gasteiger partial charge on any atom is -0.316 e. The lowest BCUT2D eigenvalue weighted by Gasteiger charge is -2.21. The van der Waals surface area contributed by atoms with Crippen molar-refractivity contribution in [3.63, 3.8) is 0 Å². The highest BCUT2D eigenvalue weighted by Crippen LogP contribution is 2.26. The highest BCUT2D eigenvalue weighted by Gasteiger charge is 2.21. The molecule has 118 valence electrons. The largest absolute Gasteiger partial charge is 0.316 e. The third kappa shape index (κ3) is 4.96. The Morgan fingerprint density at radius 1 is 1.38 bits per heavy atom. The molecule has 4 nitrogen and oxygen atoms in total. The Labute approximate surface area is 139 Å². The predicted octanol–water partition coefficient (Wildman–Crippen LogP) is 2.73. The van der Waals surface area contributed by atoms with Crippen LogP contribution in [0, 0.1) is 0 Å². The number of benzene rings is 1. The molecule has 1 unspecified atom stereocenters. The molecular formula is C14H21BrN2O2S2. The SMILES string of the molecule is CNCc1ccc(S(=O)(=O)NCC2CCCCS2)c(Br)c1. The molecule has 1 heterocycles. The van der Waals surface area contributed by atoms with E-state index in [2.05, 4.69) is 26.0 Å². The van der Waals surface area contributed by atoms with Gasteiger partial charge in [-0.2, -0.15) is 11.8 Å². The maximum Gasteiger partial charge on any atom is 0.241 e. The van der Waals surface area contributed by atoms with Crippen LogP contribution in [0.1, 0.15) is 24.8 Å². The fourth-order valence-electron chi connectivity index (χ4n) is 2.33. The van der Waals surface area contributed by atoms with Gasteiger partial charge < -0.3 is 5.32 Å². The number of hydrogen-bond acceptors (Lipinski definition) is 4. The van der Waals surface area contributed by atoms with E-state index in [1.54, 1.807) is 6.07 Å². The van der Waals surface area contributed by atoms with Crippen molar-refractivity contribution >= 4 is 37.7 Å². The first-order chi connectivity index (χ1) is 10.0. The van der Waals surface area contributed by atoms with Crippen LogP contribution in [-0.4, -0.2) is 33.0 Å². The number of halogens is 1. The fourth-order valence-corrected chi connectivity index (χ4v) is 5.87. The van der Waals surface area contributed by atoms with E-state index < -0.39 is 10.0 Å². The summed E-state index contributed by atoms with van der Waals surface area (Å²) in [7, 11) is -1.59. The van der Waals surface area contributed by atoms with E-state index in [0.29, 0.717) is 27.7 Å². The van der Waals surface area contributed by atoms with Crippen molar-refractivity contribution in [1.82, 2.24) is 10.0 Å². The molecule has 0 aliphatic carbocycles. The van der Waals surface area contributed by atoms with E-state index in [-0.39, 0.29) is 0 Å². The van der Waals surface area contributed by atoms with Gasteiger partial charge in [0, 0.05) is 22.8 Å². The van der Waals surface area contributed by atoms with Crippen LogP contribution in [0.3, 0.4) is 0 Å². The van der Waals surface area contributed by atoms with Crippen molar-refractivity contribution in [3.05, 3.63) is 28.2 Å². The Morgan fingerprint density at radius 3 is 2.81 bits per heavy atom. The molecule has 1 aromatic rings. The zero-order chi connectivity index (χ0) is 15.3. The van der Waals surface area contributed by atoms with Gasteiger partial charge in [-0.05, 0) is 59.3 Å². The van der Waals surface area contributed by atoms with Crippen molar-refractivity contribution in [2.45, 2.75) is 36.0 Å². The predicted molar refractivity (Wildman–Crippen MR) is 92.2 cm³/mol. The van der Waals surface area contributed by atoms with Crippen LogP contribution in [-0.2, 0) is 16.6 Å². The van der Waals surface area contributed by atoms with Crippen LogP contribution in [0.15, 0.2) is 27.6 Å². The molecule has 1 aromatic carbocycles. The molecule has 0 saturated carbocycles. The quantitative estimate of drug-likeness (QED) is 0.781. The molecule has 0 aromatic heterocycles. The van der Waals surface area contributed by atoms with Crippen LogP contribution >= 0.6 is 27.7 Å². The first-order valence-electron chi connectivity index (χ1n) is 7.07. The van der Waals surface area contributed by atoms with E-state index in [0.717, 1.165) is 17.7 Å². The molecule has 2 rings (SSSR count). The molecule has 1 aliphatic heterocycles. The summed E-state index contributed by atoms with van der Waals surface area (Å²) in [5.41, 5.74) is 1.05. The third-order valence-corrected chi connectivity index (χ3v) is 7.24. The van der Waals surface area contributed by atoms with Crippen LogP contribution in [0.2, 0.25) is 0 Å². The maximum absolute atomic E-state index is 12.4. The van der Waals surface area contributed by atoms with E-state index in [1.807, 2.05) is 30.9 Å². The Bertz CT molecular complexity index is 572. The van der Waals surface area contributed by atoms with Crippen molar-refractivity contribution in [1.29, 1.82) is 0 Å². The lowest BCUT2D eigenvalue weighted by Crippen LogP contribution is -2.32. The smallest absolute Gasteiger partial charge is 0.241 e. The number of hydrogen-bond donors (Lipinski definition) is 2. The Kier molecular flexibility index (Phi) is 6.55. The van der Waals surface area contributed by atoms with Crippen LogP contribution in [0.4, 0.5) is 0 Å². The minimum absolute atomic E-state index is 0.308. The first kappa shape index (κ1) is 17.3. The van der Waals surface area contributed by atoms with Gasteiger partial charge >= 0.3 is 0 Å². The second-order valence-electron chi connectivity index (χ2n) is 5.14. The molecule has 1 fully saturated rings. The average Bonchev–Trinajstić information content (AvgIpc) is 2.46. The maximum atomic E-state index is 12.4. The van der Waals surface area contributed by atoms with Crippen molar-refractivity contribution < 1.29 is 8.42 Å². The Morgan fingerprint density at radius 2 is 2.19 bits per heavy atom. The first-order valence-corrected chi connectivity index (χ1v) is 10.4. The van der Waals surface area contributed by atoms with Gasteiger partial charge in [0.25, 0.3) is 0 Å². The lowest BCUT2D eigenvalue weighted by molar-refractivity contribution is 0.573. The van der Waals surface area contributed by atoms with Crippen LogP contribution < -0.4 is 10.0 Å². The minimum atomic E-state index is -3.45. The van der Waals surface area contributed by atoms with Crippen molar-refractivity contribution in [2.75, 3.05) is 19.3 Å². The topological polar surface area (TPSA) is 58.2 Å².